The smallest absolute Gasteiger partial charge is 0.123 e. The van der Waals surface area contributed by atoms with E-state index >= 15 is 0 Å². The molecule has 0 saturated carbocycles. The third-order valence-electron chi connectivity index (χ3n) is 4.38. The summed E-state index contributed by atoms with van der Waals surface area (Å²) < 4.78 is 0. The van der Waals surface area contributed by atoms with Crippen LogP contribution >= 0.6 is 11.6 Å². The highest BCUT2D eigenvalue weighted by molar-refractivity contribution is 6.30. The van der Waals surface area contributed by atoms with Crippen molar-refractivity contribution in [3.05, 3.63) is 99.7 Å². The van der Waals surface area contributed by atoms with E-state index in [1.807, 2.05) is 42.5 Å². The van der Waals surface area contributed by atoms with Gasteiger partial charge in [-0.25, -0.2) is 0 Å². The van der Waals surface area contributed by atoms with Crippen molar-refractivity contribution in [1.82, 2.24) is 10.2 Å². The quantitative estimate of drug-likeness (QED) is 0.819. The van der Waals surface area contributed by atoms with Crippen molar-refractivity contribution in [3.63, 3.8) is 0 Å². The van der Waals surface area contributed by atoms with Crippen LogP contribution in [-0.2, 0) is 0 Å². The Kier molecular flexibility index (Phi) is 4.12. The van der Waals surface area contributed by atoms with E-state index < -0.39 is 0 Å². The minimum absolute atomic E-state index is 0.0186. The van der Waals surface area contributed by atoms with E-state index in [-0.39, 0.29) is 12.7 Å². The lowest BCUT2D eigenvalue weighted by Crippen LogP contribution is -2.34. The summed E-state index contributed by atoms with van der Waals surface area (Å²) >= 11 is 5.99. The molecule has 4 nitrogen and oxygen atoms in total. The van der Waals surface area contributed by atoms with Gasteiger partial charge in [-0.3, -0.25) is 0 Å². The maximum atomic E-state index is 11.0. The topological polar surface area (TPSA) is 44.7 Å². The Hall–Kier alpha value is -2.85. The number of hydrogen-bond donors (Lipinski definition) is 1. The summed E-state index contributed by atoms with van der Waals surface area (Å²) in [6.07, 6.45) is 6.24. The first kappa shape index (κ1) is 15.7. The van der Waals surface area contributed by atoms with Crippen molar-refractivity contribution < 1.29 is 0 Å². The van der Waals surface area contributed by atoms with E-state index in [2.05, 4.69) is 45.9 Å². The molecule has 25 heavy (non-hydrogen) atoms. The number of halogens is 1. The van der Waals surface area contributed by atoms with Gasteiger partial charge in [0.15, 0.2) is 0 Å². The zero-order chi connectivity index (χ0) is 17.2. The van der Waals surface area contributed by atoms with Crippen LogP contribution in [0.3, 0.4) is 0 Å². The summed E-state index contributed by atoms with van der Waals surface area (Å²) in [4.78, 5) is 13.1. The van der Waals surface area contributed by atoms with Crippen molar-refractivity contribution in [2.45, 2.75) is 6.17 Å². The van der Waals surface area contributed by atoms with Crippen molar-refractivity contribution in [2.75, 3.05) is 6.54 Å². The van der Waals surface area contributed by atoms with E-state index in [0.717, 1.165) is 28.1 Å². The molecule has 124 valence electrons. The molecular weight excluding hydrogens is 334 g/mol. The highest BCUT2D eigenvalue weighted by Gasteiger charge is 2.31. The van der Waals surface area contributed by atoms with Crippen LogP contribution in [0.15, 0.2) is 83.8 Å². The first-order valence-electron chi connectivity index (χ1n) is 8.05. The van der Waals surface area contributed by atoms with Gasteiger partial charge in [-0.05, 0) is 34.9 Å². The molecular formula is C20H16ClN3O. The minimum Gasteiger partial charge on any atom is -0.360 e. The summed E-state index contributed by atoms with van der Waals surface area (Å²) in [6.45, 7) is 0.105. The van der Waals surface area contributed by atoms with Gasteiger partial charge >= 0.3 is 0 Å². The molecule has 5 heteroatoms. The van der Waals surface area contributed by atoms with E-state index in [1.165, 1.54) is 0 Å². The lowest BCUT2D eigenvalue weighted by Gasteiger charge is -2.26. The molecule has 0 fully saturated rings. The Labute approximate surface area is 151 Å². The predicted molar refractivity (Wildman–Crippen MR) is 101 cm³/mol. The van der Waals surface area contributed by atoms with Gasteiger partial charge in [0.05, 0.1) is 11.4 Å². The van der Waals surface area contributed by atoms with Gasteiger partial charge in [0.1, 0.15) is 12.7 Å². The van der Waals surface area contributed by atoms with Gasteiger partial charge in [0.2, 0.25) is 0 Å². The molecule has 0 saturated heterocycles. The number of allylic oxidation sites excluding steroid dienone is 2. The van der Waals surface area contributed by atoms with Crippen LogP contribution in [0.25, 0.3) is 11.3 Å². The summed E-state index contributed by atoms with van der Waals surface area (Å²) in [5.41, 5.74) is 4.99. The molecule has 0 radical (unpaired) electrons. The molecule has 0 spiro atoms. The van der Waals surface area contributed by atoms with E-state index in [4.69, 9.17) is 11.6 Å². The van der Waals surface area contributed by atoms with Crippen LogP contribution in [0.1, 0.15) is 11.1 Å². The lowest BCUT2D eigenvalue weighted by molar-refractivity contribution is 0.399. The van der Waals surface area contributed by atoms with Crippen LogP contribution in [-0.4, -0.2) is 17.6 Å². The van der Waals surface area contributed by atoms with E-state index in [0.29, 0.717) is 5.02 Å². The van der Waals surface area contributed by atoms with Gasteiger partial charge in [-0.15, -0.1) is 0 Å². The molecule has 4 rings (SSSR count). The summed E-state index contributed by atoms with van der Waals surface area (Å²) in [7, 11) is 0. The molecule has 2 aromatic carbocycles. The van der Waals surface area contributed by atoms with Gasteiger partial charge in [0, 0.05) is 11.2 Å². The van der Waals surface area contributed by atoms with Crippen LogP contribution in [0, 0.1) is 4.91 Å². The molecule has 2 aliphatic rings. The van der Waals surface area contributed by atoms with Crippen LogP contribution < -0.4 is 5.32 Å². The standard InChI is InChI=1S/C20H16ClN3O/c21-17-9-6-15(7-10-17)20-18(12-22-25)24-13-16(8-11-19(24)23-20)14-4-2-1-3-5-14/h1-11,13,19,23H,12H2. The number of nitrogens with zero attached hydrogens (tertiary/aromatic N) is 2. The largest absolute Gasteiger partial charge is 0.360 e. The first-order valence-corrected chi connectivity index (χ1v) is 8.42. The average Bonchev–Trinajstić information content (AvgIpc) is 3.01. The molecule has 0 bridgehead atoms. The average molecular weight is 350 g/mol. The van der Waals surface area contributed by atoms with E-state index in [9.17, 15) is 4.91 Å². The van der Waals surface area contributed by atoms with Gasteiger partial charge in [0.25, 0.3) is 0 Å². The number of rotatable bonds is 4. The second kappa shape index (κ2) is 6.57. The van der Waals surface area contributed by atoms with Crippen molar-refractivity contribution in [2.24, 2.45) is 5.18 Å². The van der Waals surface area contributed by atoms with E-state index in [1.54, 1.807) is 0 Å². The Morgan fingerprint density at radius 3 is 2.52 bits per heavy atom. The van der Waals surface area contributed by atoms with Gasteiger partial charge in [-0.1, -0.05) is 65.3 Å². The number of nitroso groups, excluding NO2 is 1. The normalized spacial score (nSPS) is 18.7. The number of hydrogen-bond acceptors (Lipinski definition) is 4. The molecule has 0 aliphatic carbocycles. The highest BCUT2D eigenvalue weighted by atomic mass is 35.5. The maximum absolute atomic E-state index is 11.0. The Balaban J connectivity index is 1.75. The third kappa shape index (κ3) is 2.96. The molecule has 0 aromatic heterocycles. The second-order valence-electron chi connectivity index (χ2n) is 5.92. The fourth-order valence-electron chi connectivity index (χ4n) is 3.17. The Bertz CT molecular complexity index is 885. The number of benzene rings is 2. The summed E-state index contributed by atoms with van der Waals surface area (Å²) in [5.74, 6) is 0. The Morgan fingerprint density at radius 2 is 1.80 bits per heavy atom. The summed E-state index contributed by atoms with van der Waals surface area (Å²) in [6, 6.07) is 17.7. The molecule has 1 atom stereocenters. The maximum Gasteiger partial charge on any atom is 0.123 e. The van der Waals surface area contributed by atoms with Crippen molar-refractivity contribution in [1.29, 1.82) is 0 Å². The lowest BCUT2D eigenvalue weighted by atomic mass is 10.0. The van der Waals surface area contributed by atoms with Gasteiger partial charge in [-0.2, -0.15) is 4.91 Å². The fourth-order valence-corrected chi connectivity index (χ4v) is 3.30. The molecule has 0 amide bonds. The molecule has 1 unspecified atom stereocenters. The molecule has 1 N–H and O–H groups in total. The van der Waals surface area contributed by atoms with Crippen LogP contribution in [0.2, 0.25) is 5.02 Å². The molecule has 2 aromatic rings. The number of fused-ring (bicyclic) bond motifs is 1. The third-order valence-corrected chi connectivity index (χ3v) is 4.63. The monoisotopic (exact) mass is 349 g/mol. The molecule has 2 heterocycles. The fraction of sp³-hybridized carbons (Fsp3) is 0.100. The van der Waals surface area contributed by atoms with Crippen LogP contribution in [0.4, 0.5) is 0 Å². The Morgan fingerprint density at radius 1 is 1.04 bits per heavy atom. The SMILES string of the molecule is O=NCC1=C(c2ccc(Cl)cc2)NC2C=CC(c3ccccc3)=CN12. The van der Waals surface area contributed by atoms with Crippen LogP contribution in [0.5, 0.6) is 0 Å². The second-order valence-corrected chi connectivity index (χ2v) is 6.36. The summed E-state index contributed by atoms with van der Waals surface area (Å²) in [5, 5.41) is 7.28. The van der Waals surface area contributed by atoms with Crippen molar-refractivity contribution in [3.8, 4) is 0 Å². The zero-order valence-corrected chi connectivity index (χ0v) is 14.1. The van der Waals surface area contributed by atoms with Crippen molar-refractivity contribution >= 4 is 22.9 Å². The number of nitrogens with one attached hydrogen (secondary N) is 1. The minimum atomic E-state index is -0.0186. The predicted octanol–water partition coefficient (Wildman–Crippen LogP) is 4.62. The zero-order valence-electron chi connectivity index (χ0n) is 13.4. The highest BCUT2D eigenvalue weighted by Crippen LogP contribution is 2.33. The first-order chi connectivity index (χ1) is 12.3. The van der Waals surface area contributed by atoms with Gasteiger partial charge < -0.3 is 10.2 Å². The molecule has 2 aliphatic heterocycles.